The zero-order chi connectivity index (χ0) is 20.2. The molecule has 0 saturated carbocycles. The predicted octanol–water partition coefficient (Wildman–Crippen LogP) is 3.67. The van der Waals surface area contributed by atoms with E-state index in [1.807, 2.05) is 12.1 Å². The van der Waals surface area contributed by atoms with Crippen molar-refractivity contribution in [1.29, 1.82) is 0 Å². The molecule has 2 aromatic carbocycles. The highest BCUT2D eigenvalue weighted by Gasteiger charge is 2.12. The number of nitrogens with zero attached hydrogens (tertiary/aromatic N) is 4. The average molecular weight is 409 g/mol. The Kier molecular flexibility index (Phi) is 5.39. The molecule has 0 spiro atoms. The highest BCUT2D eigenvalue weighted by Crippen LogP contribution is 2.24. The van der Waals surface area contributed by atoms with Gasteiger partial charge >= 0.3 is 0 Å². The molecule has 1 amide bonds. The minimum absolute atomic E-state index is 0.161. The zero-order valence-corrected chi connectivity index (χ0v) is 16.2. The molecule has 0 unspecified atom stereocenters. The Morgan fingerprint density at radius 3 is 2.83 bits per heavy atom. The van der Waals surface area contributed by atoms with Crippen molar-refractivity contribution < 1.29 is 13.9 Å². The number of thioether (sulfide) groups is 1. The van der Waals surface area contributed by atoms with E-state index in [-0.39, 0.29) is 17.5 Å². The van der Waals surface area contributed by atoms with E-state index in [0.29, 0.717) is 33.5 Å². The quantitative estimate of drug-likeness (QED) is 0.490. The van der Waals surface area contributed by atoms with Crippen molar-refractivity contribution in [1.82, 2.24) is 19.8 Å². The van der Waals surface area contributed by atoms with E-state index in [0.717, 1.165) is 0 Å². The van der Waals surface area contributed by atoms with E-state index in [1.54, 1.807) is 43.5 Å². The summed E-state index contributed by atoms with van der Waals surface area (Å²) in [6.45, 7) is 0. The van der Waals surface area contributed by atoms with E-state index in [9.17, 15) is 9.18 Å². The molecule has 9 heteroatoms. The molecule has 0 saturated heterocycles. The monoisotopic (exact) mass is 409 g/mol. The molecule has 0 radical (unpaired) electrons. The van der Waals surface area contributed by atoms with Gasteiger partial charge in [-0.1, -0.05) is 36.0 Å². The molecule has 1 N–H and O–H groups in total. The van der Waals surface area contributed by atoms with Gasteiger partial charge in [0.2, 0.25) is 5.91 Å². The van der Waals surface area contributed by atoms with Crippen molar-refractivity contribution >= 4 is 29.0 Å². The molecule has 0 atom stereocenters. The second-order valence-corrected chi connectivity index (χ2v) is 7.01. The number of carbonyl (C=O) groups is 1. The van der Waals surface area contributed by atoms with Crippen LogP contribution in [0.5, 0.6) is 5.75 Å². The van der Waals surface area contributed by atoms with Gasteiger partial charge in [-0.15, -0.1) is 10.2 Å². The number of methoxy groups -OCH3 is 1. The van der Waals surface area contributed by atoms with Gasteiger partial charge in [0.1, 0.15) is 16.6 Å². The lowest BCUT2D eigenvalue weighted by Crippen LogP contribution is -2.14. The smallest absolute Gasteiger partial charge is 0.234 e. The van der Waals surface area contributed by atoms with E-state index in [4.69, 9.17) is 4.74 Å². The molecule has 2 aromatic heterocycles. The molecule has 0 aliphatic heterocycles. The lowest BCUT2D eigenvalue weighted by Gasteiger charge is -2.09. The number of anilines is 1. The molecule has 0 fully saturated rings. The number of amides is 1. The van der Waals surface area contributed by atoms with Gasteiger partial charge < -0.3 is 10.1 Å². The van der Waals surface area contributed by atoms with Gasteiger partial charge in [0.05, 0.1) is 18.6 Å². The van der Waals surface area contributed by atoms with Crippen molar-refractivity contribution in [3.05, 3.63) is 66.5 Å². The Balaban J connectivity index is 1.50. The maximum atomic E-state index is 13.5. The van der Waals surface area contributed by atoms with Crippen molar-refractivity contribution in [2.24, 2.45) is 0 Å². The summed E-state index contributed by atoms with van der Waals surface area (Å²) in [6, 6.07) is 16.8. The summed E-state index contributed by atoms with van der Waals surface area (Å²) in [5.74, 6) is 0.636. The number of hydrogen-bond acceptors (Lipinski definition) is 6. The van der Waals surface area contributed by atoms with Crippen LogP contribution in [0.4, 0.5) is 10.1 Å². The summed E-state index contributed by atoms with van der Waals surface area (Å²) in [5.41, 5.74) is 1.71. The maximum absolute atomic E-state index is 13.5. The lowest BCUT2D eigenvalue weighted by molar-refractivity contribution is -0.113. The molecule has 2 heterocycles. The Bertz CT molecular complexity index is 1180. The first-order chi connectivity index (χ1) is 14.1. The third-order valence-corrected chi connectivity index (χ3v) is 4.97. The minimum Gasteiger partial charge on any atom is -0.495 e. The summed E-state index contributed by atoms with van der Waals surface area (Å²) in [6.07, 6.45) is 0. The van der Waals surface area contributed by atoms with Crippen LogP contribution < -0.4 is 10.1 Å². The van der Waals surface area contributed by atoms with Crippen LogP contribution >= 0.6 is 11.8 Å². The molecule has 4 aromatic rings. The Morgan fingerprint density at radius 2 is 2.00 bits per heavy atom. The van der Waals surface area contributed by atoms with E-state index < -0.39 is 0 Å². The van der Waals surface area contributed by atoms with E-state index in [1.165, 1.54) is 28.4 Å². The molecule has 0 aliphatic carbocycles. The van der Waals surface area contributed by atoms with Gasteiger partial charge in [-0.25, -0.2) is 4.39 Å². The van der Waals surface area contributed by atoms with E-state index >= 15 is 0 Å². The van der Waals surface area contributed by atoms with Crippen LogP contribution in [-0.4, -0.2) is 38.6 Å². The summed E-state index contributed by atoms with van der Waals surface area (Å²) < 4.78 is 20.3. The molecule has 4 rings (SSSR count). The van der Waals surface area contributed by atoms with Crippen LogP contribution in [0.1, 0.15) is 0 Å². The Labute approximate surface area is 169 Å². The van der Waals surface area contributed by atoms with Gasteiger partial charge in [0, 0.05) is 5.56 Å². The topological polar surface area (TPSA) is 81.4 Å². The maximum Gasteiger partial charge on any atom is 0.234 e. The number of fused-ring (bicyclic) bond motifs is 1. The van der Waals surface area contributed by atoms with Gasteiger partial charge in [0.15, 0.2) is 11.5 Å². The molecule has 0 bridgehead atoms. The number of halogens is 1. The highest BCUT2D eigenvalue weighted by atomic mass is 32.2. The fourth-order valence-electron chi connectivity index (χ4n) is 2.73. The molecule has 146 valence electrons. The second-order valence-electron chi connectivity index (χ2n) is 6.01. The first-order valence-corrected chi connectivity index (χ1v) is 9.66. The van der Waals surface area contributed by atoms with Gasteiger partial charge in [-0.2, -0.15) is 9.61 Å². The summed E-state index contributed by atoms with van der Waals surface area (Å²) >= 11 is 1.27. The van der Waals surface area contributed by atoms with Crippen LogP contribution in [0.15, 0.2) is 65.7 Å². The van der Waals surface area contributed by atoms with Crippen molar-refractivity contribution in [2.75, 3.05) is 18.2 Å². The van der Waals surface area contributed by atoms with Gasteiger partial charge in [-0.3, -0.25) is 4.79 Å². The first kappa shape index (κ1) is 18.9. The largest absolute Gasteiger partial charge is 0.495 e. The number of aromatic nitrogens is 4. The second kappa shape index (κ2) is 8.27. The number of rotatable bonds is 6. The molecular formula is C20H16FN5O2S. The fraction of sp³-hybridized carbons (Fsp3) is 0.100. The average Bonchev–Trinajstić information content (AvgIpc) is 3.16. The van der Waals surface area contributed by atoms with E-state index in [2.05, 4.69) is 20.6 Å². The van der Waals surface area contributed by atoms with Gasteiger partial charge in [-0.05, 0) is 36.4 Å². The Morgan fingerprint density at radius 1 is 1.14 bits per heavy atom. The SMILES string of the molecule is COc1ccccc1NC(=O)CSc1ccc2nnc(-c3cccc(F)c3)n2n1. The van der Waals surface area contributed by atoms with Crippen molar-refractivity contribution in [2.45, 2.75) is 5.03 Å². The summed E-state index contributed by atoms with van der Waals surface area (Å²) in [7, 11) is 1.55. The van der Waals surface area contributed by atoms with Gasteiger partial charge in [0.25, 0.3) is 0 Å². The number of benzene rings is 2. The van der Waals surface area contributed by atoms with Crippen LogP contribution in [0, 0.1) is 5.82 Å². The minimum atomic E-state index is -0.363. The summed E-state index contributed by atoms with van der Waals surface area (Å²) in [4.78, 5) is 12.3. The predicted molar refractivity (Wildman–Crippen MR) is 109 cm³/mol. The number of hydrogen-bond donors (Lipinski definition) is 1. The molecule has 7 nitrogen and oxygen atoms in total. The van der Waals surface area contributed by atoms with Crippen LogP contribution in [-0.2, 0) is 4.79 Å². The number of nitrogens with one attached hydrogen (secondary N) is 1. The van der Waals surface area contributed by atoms with Crippen molar-refractivity contribution in [3.63, 3.8) is 0 Å². The normalized spacial score (nSPS) is 10.8. The summed E-state index contributed by atoms with van der Waals surface area (Å²) in [5, 5.41) is 16.1. The van der Waals surface area contributed by atoms with Crippen LogP contribution in [0.2, 0.25) is 0 Å². The third-order valence-electron chi connectivity index (χ3n) is 4.05. The third kappa shape index (κ3) is 4.19. The standard InChI is InChI=1S/C20H16FN5O2S/c1-28-16-8-3-2-7-15(16)22-18(27)12-29-19-10-9-17-23-24-20(26(17)25-19)13-5-4-6-14(21)11-13/h2-11H,12H2,1H3,(H,22,27). The number of carbonyl (C=O) groups excluding carboxylic acids is 1. The first-order valence-electron chi connectivity index (χ1n) is 8.68. The fourth-order valence-corrected chi connectivity index (χ4v) is 3.39. The Hall–Kier alpha value is -3.46. The molecular weight excluding hydrogens is 393 g/mol. The molecule has 0 aliphatic rings. The number of ether oxygens (including phenoxy) is 1. The van der Waals surface area contributed by atoms with Crippen molar-refractivity contribution in [3.8, 4) is 17.1 Å². The number of para-hydroxylation sites is 2. The zero-order valence-electron chi connectivity index (χ0n) is 15.4. The molecule has 29 heavy (non-hydrogen) atoms. The highest BCUT2D eigenvalue weighted by molar-refractivity contribution is 7.99. The lowest BCUT2D eigenvalue weighted by atomic mass is 10.2. The van der Waals surface area contributed by atoms with Crippen LogP contribution in [0.25, 0.3) is 17.0 Å². The van der Waals surface area contributed by atoms with Crippen LogP contribution in [0.3, 0.4) is 0 Å².